The van der Waals surface area contributed by atoms with Crippen molar-refractivity contribution in [1.82, 2.24) is 9.88 Å². The topological polar surface area (TPSA) is 26.2 Å². The summed E-state index contributed by atoms with van der Waals surface area (Å²) in [5.74, 6) is -1.09. The van der Waals surface area contributed by atoms with Gasteiger partial charge in [0.05, 0.1) is 17.6 Å². The molecule has 0 saturated carbocycles. The molecular weight excluding hydrogens is 342 g/mol. The smallest absolute Gasteiger partial charge is 0.145 e. The Bertz CT molecular complexity index is 601. The molecule has 0 aliphatic rings. The summed E-state index contributed by atoms with van der Waals surface area (Å²) in [4.78, 5) is 0. The summed E-state index contributed by atoms with van der Waals surface area (Å²) >= 11 is 3.08. The molecule has 1 aromatic heterocycles. The van der Waals surface area contributed by atoms with Crippen molar-refractivity contribution in [2.45, 2.75) is 13.1 Å². The number of aromatic nitrogens is 1. The molecule has 21 heavy (non-hydrogen) atoms. The minimum absolute atomic E-state index is 0.0544. The summed E-state index contributed by atoms with van der Waals surface area (Å²) in [6.07, 6.45) is 1.81. The fourth-order valence-corrected chi connectivity index (χ4v) is 2.41. The number of benzene rings is 1. The van der Waals surface area contributed by atoms with Gasteiger partial charge in [-0.1, -0.05) is 0 Å². The SMILES string of the molecule is COCCNCc1cccn1Cc1c(F)ccc(Br)c1F. The second kappa shape index (κ2) is 7.68. The molecule has 0 aliphatic carbocycles. The lowest BCUT2D eigenvalue weighted by atomic mass is 10.2. The van der Waals surface area contributed by atoms with Crippen molar-refractivity contribution in [2.75, 3.05) is 20.3 Å². The Morgan fingerprint density at radius 1 is 1.29 bits per heavy atom. The van der Waals surface area contributed by atoms with Crippen LogP contribution in [0.3, 0.4) is 0 Å². The van der Waals surface area contributed by atoms with Gasteiger partial charge >= 0.3 is 0 Å². The molecule has 0 bridgehead atoms. The number of nitrogens with one attached hydrogen (secondary N) is 1. The number of rotatable bonds is 7. The second-order valence-corrected chi connectivity index (χ2v) is 5.47. The Morgan fingerprint density at radius 3 is 2.86 bits per heavy atom. The van der Waals surface area contributed by atoms with Crippen LogP contribution < -0.4 is 5.32 Å². The summed E-state index contributed by atoms with van der Waals surface area (Å²) in [7, 11) is 1.64. The maximum Gasteiger partial charge on any atom is 0.145 e. The number of nitrogens with zero attached hydrogens (tertiary/aromatic N) is 1. The van der Waals surface area contributed by atoms with E-state index in [1.807, 2.05) is 22.9 Å². The van der Waals surface area contributed by atoms with Crippen molar-refractivity contribution >= 4 is 15.9 Å². The Hall–Kier alpha value is -1.24. The molecule has 0 amide bonds. The average Bonchev–Trinajstić information content (AvgIpc) is 2.91. The molecule has 0 spiro atoms. The molecule has 2 rings (SSSR count). The number of hydrogen-bond acceptors (Lipinski definition) is 2. The van der Waals surface area contributed by atoms with Gasteiger partial charge in [0.15, 0.2) is 0 Å². The fourth-order valence-electron chi connectivity index (χ4n) is 2.04. The highest BCUT2D eigenvalue weighted by atomic mass is 79.9. The van der Waals surface area contributed by atoms with Gasteiger partial charge in [-0.3, -0.25) is 0 Å². The first kappa shape index (κ1) is 16.1. The Balaban J connectivity index is 2.10. The zero-order chi connectivity index (χ0) is 15.2. The zero-order valence-corrected chi connectivity index (χ0v) is 13.3. The van der Waals surface area contributed by atoms with E-state index in [2.05, 4.69) is 21.2 Å². The molecule has 1 aromatic carbocycles. The molecule has 114 valence electrons. The van der Waals surface area contributed by atoms with Gasteiger partial charge in [-0.2, -0.15) is 0 Å². The van der Waals surface area contributed by atoms with Gasteiger partial charge < -0.3 is 14.6 Å². The molecule has 3 nitrogen and oxygen atoms in total. The molecule has 2 aromatic rings. The predicted molar refractivity (Wildman–Crippen MR) is 81.2 cm³/mol. The molecule has 0 atom stereocenters. The summed E-state index contributed by atoms with van der Waals surface area (Å²) < 4.78 is 34.9. The fraction of sp³-hybridized carbons (Fsp3) is 0.333. The van der Waals surface area contributed by atoms with Gasteiger partial charge in [0.25, 0.3) is 0 Å². The predicted octanol–water partition coefficient (Wildman–Crippen LogP) is 3.31. The molecular formula is C15H17BrF2N2O. The Morgan fingerprint density at radius 2 is 2.10 bits per heavy atom. The number of ether oxygens (including phenoxy) is 1. The van der Waals surface area contributed by atoms with E-state index in [0.29, 0.717) is 13.2 Å². The molecule has 1 N–H and O–H groups in total. The van der Waals surface area contributed by atoms with E-state index in [1.165, 1.54) is 12.1 Å². The summed E-state index contributed by atoms with van der Waals surface area (Å²) in [5.41, 5.74) is 1.02. The largest absolute Gasteiger partial charge is 0.383 e. The third kappa shape index (κ3) is 4.12. The van der Waals surface area contributed by atoms with E-state index in [0.717, 1.165) is 12.2 Å². The monoisotopic (exact) mass is 358 g/mol. The lowest BCUT2D eigenvalue weighted by Gasteiger charge is -2.12. The molecule has 1 heterocycles. The van der Waals surface area contributed by atoms with E-state index in [4.69, 9.17) is 4.74 Å². The van der Waals surface area contributed by atoms with E-state index < -0.39 is 11.6 Å². The van der Waals surface area contributed by atoms with Crippen LogP contribution in [0.4, 0.5) is 8.78 Å². The zero-order valence-electron chi connectivity index (χ0n) is 11.7. The highest BCUT2D eigenvalue weighted by Crippen LogP contribution is 2.23. The first-order chi connectivity index (χ1) is 10.1. The minimum atomic E-state index is -0.554. The first-order valence-electron chi connectivity index (χ1n) is 6.59. The van der Waals surface area contributed by atoms with Crippen LogP contribution in [0.15, 0.2) is 34.9 Å². The number of hydrogen-bond donors (Lipinski definition) is 1. The summed E-state index contributed by atoms with van der Waals surface area (Å²) in [5, 5.41) is 3.21. The number of halogens is 3. The third-order valence-corrected chi connectivity index (χ3v) is 3.79. The Kier molecular flexibility index (Phi) is 5.90. The van der Waals surface area contributed by atoms with E-state index in [1.54, 1.807) is 7.11 Å². The third-order valence-electron chi connectivity index (χ3n) is 3.18. The minimum Gasteiger partial charge on any atom is -0.383 e. The van der Waals surface area contributed by atoms with Gasteiger partial charge in [-0.05, 0) is 40.2 Å². The lowest BCUT2D eigenvalue weighted by molar-refractivity contribution is 0.199. The van der Waals surface area contributed by atoms with Gasteiger partial charge in [-0.15, -0.1) is 0 Å². The molecule has 0 aliphatic heterocycles. The maximum atomic E-state index is 14.0. The van der Waals surface area contributed by atoms with Crippen molar-refractivity contribution in [1.29, 1.82) is 0 Å². The van der Waals surface area contributed by atoms with Crippen molar-refractivity contribution in [2.24, 2.45) is 0 Å². The van der Waals surface area contributed by atoms with Crippen LogP contribution >= 0.6 is 15.9 Å². The van der Waals surface area contributed by atoms with Crippen molar-refractivity contribution < 1.29 is 13.5 Å². The Labute approximate surface area is 131 Å². The van der Waals surface area contributed by atoms with Crippen molar-refractivity contribution in [3.05, 3.63) is 57.8 Å². The molecule has 0 saturated heterocycles. The van der Waals surface area contributed by atoms with Crippen molar-refractivity contribution in [3.8, 4) is 0 Å². The standard InChI is InChI=1S/C15H17BrF2N2O/c1-21-8-6-19-9-11-3-2-7-20(11)10-12-14(17)5-4-13(16)15(12)18/h2-5,7,19H,6,8-10H2,1H3. The second-order valence-electron chi connectivity index (χ2n) is 4.62. The molecule has 0 fully saturated rings. The van der Waals surface area contributed by atoms with E-state index >= 15 is 0 Å². The quantitative estimate of drug-likeness (QED) is 0.607. The average molecular weight is 359 g/mol. The normalized spacial score (nSPS) is 11.0. The lowest BCUT2D eigenvalue weighted by Crippen LogP contribution is -2.20. The van der Waals surface area contributed by atoms with Gasteiger partial charge in [0, 0.05) is 37.7 Å². The van der Waals surface area contributed by atoms with Crippen LogP contribution in [0.1, 0.15) is 11.3 Å². The van der Waals surface area contributed by atoms with Crippen LogP contribution in [0.2, 0.25) is 0 Å². The van der Waals surface area contributed by atoms with Crippen LogP contribution in [0.25, 0.3) is 0 Å². The first-order valence-corrected chi connectivity index (χ1v) is 7.39. The van der Waals surface area contributed by atoms with Gasteiger partial charge in [-0.25, -0.2) is 8.78 Å². The van der Waals surface area contributed by atoms with Crippen LogP contribution in [-0.2, 0) is 17.8 Å². The van der Waals surface area contributed by atoms with Crippen LogP contribution in [0, 0.1) is 11.6 Å². The summed E-state index contributed by atoms with van der Waals surface area (Å²) in [6.45, 7) is 2.12. The molecule has 0 unspecified atom stereocenters. The van der Waals surface area contributed by atoms with Gasteiger partial charge in [0.1, 0.15) is 11.6 Å². The van der Waals surface area contributed by atoms with Crippen LogP contribution in [0.5, 0.6) is 0 Å². The highest BCUT2D eigenvalue weighted by molar-refractivity contribution is 9.10. The maximum absolute atomic E-state index is 14.0. The van der Waals surface area contributed by atoms with E-state index in [-0.39, 0.29) is 16.6 Å². The highest BCUT2D eigenvalue weighted by Gasteiger charge is 2.13. The van der Waals surface area contributed by atoms with Crippen LogP contribution in [-0.4, -0.2) is 24.8 Å². The number of methoxy groups -OCH3 is 1. The molecule has 6 heteroatoms. The van der Waals surface area contributed by atoms with Crippen molar-refractivity contribution in [3.63, 3.8) is 0 Å². The van der Waals surface area contributed by atoms with Gasteiger partial charge in [0.2, 0.25) is 0 Å². The molecule has 0 radical (unpaired) electrons. The van der Waals surface area contributed by atoms with E-state index in [9.17, 15) is 8.78 Å². The summed E-state index contributed by atoms with van der Waals surface area (Å²) in [6, 6.07) is 6.42.